The van der Waals surface area contributed by atoms with E-state index in [9.17, 15) is 4.79 Å². The topological polar surface area (TPSA) is 35.5 Å². The van der Waals surface area contributed by atoms with Crippen LogP contribution in [0.3, 0.4) is 0 Å². The van der Waals surface area contributed by atoms with Crippen LogP contribution >= 0.6 is 0 Å². The SMILES string of the molecule is CCO/C=C/c1ccc(C)cc1C(=O)OC. The van der Waals surface area contributed by atoms with Gasteiger partial charge in [0, 0.05) is 0 Å². The second kappa shape index (κ2) is 5.95. The van der Waals surface area contributed by atoms with Gasteiger partial charge in [-0.25, -0.2) is 4.79 Å². The summed E-state index contributed by atoms with van der Waals surface area (Å²) in [6.07, 6.45) is 3.34. The van der Waals surface area contributed by atoms with E-state index in [0.29, 0.717) is 12.2 Å². The van der Waals surface area contributed by atoms with Gasteiger partial charge in [-0.1, -0.05) is 17.7 Å². The Balaban J connectivity index is 3.02. The number of carbonyl (C=O) groups is 1. The van der Waals surface area contributed by atoms with Crippen molar-refractivity contribution in [2.75, 3.05) is 13.7 Å². The van der Waals surface area contributed by atoms with Crippen LogP contribution < -0.4 is 0 Å². The Morgan fingerprint density at radius 2 is 2.19 bits per heavy atom. The number of hydrogen-bond donors (Lipinski definition) is 0. The molecule has 0 N–H and O–H groups in total. The van der Waals surface area contributed by atoms with Crippen molar-refractivity contribution in [1.82, 2.24) is 0 Å². The molecular weight excluding hydrogens is 204 g/mol. The minimum Gasteiger partial charge on any atom is -0.501 e. The number of benzene rings is 1. The molecule has 0 spiro atoms. The average molecular weight is 220 g/mol. The Morgan fingerprint density at radius 1 is 1.44 bits per heavy atom. The van der Waals surface area contributed by atoms with E-state index >= 15 is 0 Å². The van der Waals surface area contributed by atoms with Gasteiger partial charge >= 0.3 is 5.97 Å². The second-order valence-corrected chi connectivity index (χ2v) is 3.34. The number of carbonyl (C=O) groups excluding carboxylic acids is 1. The molecule has 0 atom stereocenters. The van der Waals surface area contributed by atoms with Crippen molar-refractivity contribution in [2.45, 2.75) is 13.8 Å². The van der Waals surface area contributed by atoms with Crippen LogP contribution in [0, 0.1) is 6.92 Å². The van der Waals surface area contributed by atoms with E-state index in [1.165, 1.54) is 7.11 Å². The highest BCUT2D eigenvalue weighted by molar-refractivity contribution is 5.93. The lowest BCUT2D eigenvalue weighted by atomic mass is 10.0. The number of esters is 1. The van der Waals surface area contributed by atoms with Gasteiger partial charge in [0.2, 0.25) is 0 Å². The third-order valence-electron chi connectivity index (χ3n) is 2.12. The van der Waals surface area contributed by atoms with Crippen LogP contribution in [-0.4, -0.2) is 19.7 Å². The summed E-state index contributed by atoms with van der Waals surface area (Å²) in [6.45, 7) is 4.44. The van der Waals surface area contributed by atoms with Gasteiger partial charge in [-0.2, -0.15) is 0 Å². The summed E-state index contributed by atoms with van der Waals surface area (Å²) in [5, 5.41) is 0. The molecule has 3 heteroatoms. The molecule has 0 bridgehead atoms. The normalized spacial score (nSPS) is 10.4. The van der Waals surface area contributed by atoms with Crippen molar-refractivity contribution in [3.05, 3.63) is 41.2 Å². The van der Waals surface area contributed by atoms with Crippen LogP contribution in [0.2, 0.25) is 0 Å². The Bertz CT molecular complexity index is 394. The summed E-state index contributed by atoms with van der Waals surface area (Å²) in [7, 11) is 1.38. The van der Waals surface area contributed by atoms with Gasteiger partial charge in [-0.3, -0.25) is 0 Å². The molecule has 0 radical (unpaired) electrons. The standard InChI is InChI=1S/C13H16O3/c1-4-16-8-7-11-6-5-10(2)9-12(11)13(14)15-3/h5-9H,4H2,1-3H3/b8-7+. The lowest BCUT2D eigenvalue weighted by Gasteiger charge is -2.05. The van der Waals surface area contributed by atoms with Crippen LogP contribution in [0.1, 0.15) is 28.4 Å². The van der Waals surface area contributed by atoms with Crippen molar-refractivity contribution in [3.8, 4) is 0 Å². The molecule has 3 nitrogen and oxygen atoms in total. The maximum absolute atomic E-state index is 11.5. The number of rotatable bonds is 4. The second-order valence-electron chi connectivity index (χ2n) is 3.34. The third kappa shape index (κ3) is 3.12. The molecule has 0 amide bonds. The minimum absolute atomic E-state index is 0.333. The molecule has 0 aromatic heterocycles. The van der Waals surface area contributed by atoms with E-state index in [-0.39, 0.29) is 5.97 Å². The maximum Gasteiger partial charge on any atom is 0.338 e. The first-order valence-corrected chi connectivity index (χ1v) is 5.16. The lowest BCUT2D eigenvalue weighted by Crippen LogP contribution is -2.04. The maximum atomic E-state index is 11.5. The fourth-order valence-corrected chi connectivity index (χ4v) is 1.32. The first-order chi connectivity index (χ1) is 7.69. The summed E-state index contributed by atoms with van der Waals surface area (Å²) in [5.74, 6) is -0.333. The molecule has 1 aromatic carbocycles. The predicted octanol–water partition coefficient (Wildman–Crippen LogP) is 2.79. The van der Waals surface area contributed by atoms with Crippen LogP contribution in [0.15, 0.2) is 24.5 Å². The molecule has 0 aliphatic carbocycles. The monoisotopic (exact) mass is 220 g/mol. The largest absolute Gasteiger partial charge is 0.501 e. The van der Waals surface area contributed by atoms with Crippen molar-refractivity contribution in [3.63, 3.8) is 0 Å². The van der Waals surface area contributed by atoms with E-state index in [2.05, 4.69) is 0 Å². The summed E-state index contributed by atoms with van der Waals surface area (Å²) in [4.78, 5) is 11.5. The van der Waals surface area contributed by atoms with Crippen molar-refractivity contribution < 1.29 is 14.3 Å². The van der Waals surface area contributed by atoms with Gasteiger partial charge in [0.25, 0.3) is 0 Å². The highest BCUT2D eigenvalue weighted by Gasteiger charge is 2.09. The number of aryl methyl sites for hydroxylation is 1. The quantitative estimate of drug-likeness (QED) is 0.578. The first kappa shape index (κ1) is 12.3. The van der Waals surface area contributed by atoms with E-state index in [1.54, 1.807) is 18.4 Å². The molecule has 0 saturated heterocycles. The van der Waals surface area contributed by atoms with Gasteiger partial charge < -0.3 is 9.47 Å². The van der Waals surface area contributed by atoms with Gasteiger partial charge in [0.05, 0.1) is 25.5 Å². The van der Waals surface area contributed by atoms with Crippen LogP contribution in [-0.2, 0) is 9.47 Å². The van der Waals surface area contributed by atoms with Crippen LogP contribution in [0.25, 0.3) is 6.08 Å². The molecule has 1 rings (SSSR count). The van der Waals surface area contributed by atoms with E-state index in [0.717, 1.165) is 11.1 Å². The molecule has 0 aliphatic rings. The van der Waals surface area contributed by atoms with Gasteiger partial charge in [-0.15, -0.1) is 0 Å². The molecule has 1 aromatic rings. The van der Waals surface area contributed by atoms with Gasteiger partial charge in [0.15, 0.2) is 0 Å². The minimum atomic E-state index is -0.333. The van der Waals surface area contributed by atoms with E-state index in [1.807, 2.05) is 26.0 Å². The Hall–Kier alpha value is -1.77. The molecule has 0 unspecified atom stereocenters. The summed E-state index contributed by atoms with van der Waals surface area (Å²) >= 11 is 0. The average Bonchev–Trinajstić information content (AvgIpc) is 2.30. The first-order valence-electron chi connectivity index (χ1n) is 5.16. The zero-order valence-corrected chi connectivity index (χ0v) is 9.82. The third-order valence-corrected chi connectivity index (χ3v) is 2.12. The number of hydrogen-bond acceptors (Lipinski definition) is 3. The fraction of sp³-hybridized carbons (Fsp3) is 0.308. The highest BCUT2D eigenvalue weighted by atomic mass is 16.5. The molecule has 0 fully saturated rings. The lowest BCUT2D eigenvalue weighted by molar-refractivity contribution is 0.0600. The van der Waals surface area contributed by atoms with Crippen molar-refractivity contribution in [2.24, 2.45) is 0 Å². The smallest absolute Gasteiger partial charge is 0.338 e. The molecule has 86 valence electrons. The molecule has 0 aliphatic heterocycles. The van der Waals surface area contributed by atoms with Gasteiger partial charge in [0.1, 0.15) is 0 Å². The van der Waals surface area contributed by atoms with E-state index in [4.69, 9.17) is 9.47 Å². The highest BCUT2D eigenvalue weighted by Crippen LogP contribution is 2.14. The summed E-state index contributed by atoms with van der Waals surface area (Å²) in [5.41, 5.74) is 2.37. The zero-order chi connectivity index (χ0) is 12.0. The Labute approximate surface area is 95.7 Å². The molecular formula is C13H16O3. The van der Waals surface area contributed by atoms with Crippen LogP contribution in [0.4, 0.5) is 0 Å². The number of methoxy groups -OCH3 is 1. The molecule has 0 heterocycles. The van der Waals surface area contributed by atoms with Crippen molar-refractivity contribution >= 4 is 12.0 Å². The zero-order valence-electron chi connectivity index (χ0n) is 9.82. The Morgan fingerprint density at radius 3 is 2.81 bits per heavy atom. The number of ether oxygens (including phenoxy) is 2. The molecule has 16 heavy (non-hydrogen) atoms. The predicted molar refractivity (Wildman–Crippen MR) is 63.2 cm³/mol. The molecule has 0 saturated carbocycles. The fourth-order valence-electron chi connectivity index (χ4n) is 1.32. The van der Waals surface area contributed by atoms with Crippen molar-refractivity contribution in [1.29, 1.82) is 0 Å². The van der Waals surface area contributed by atoms with Gasteiger partial charge in [-0.05, 0) is 31.6 Å². The summed E-state index contributed by atoms with van der Waals surface area (Å²) < 4.78 is 9.83. The van der Waals surface area contributed by atoms with E-state index < -0.39 is 0 Å². The summed E-state index contributed by atoms with van der Waals surface area (Å²) in [6, 6.07) is 5.62. The Kier molecular flexibility index (Phi) is 4.58. The van der Waals surface area contributed by atoms with Crippen LogP contribution in [0.5, 0.6) is 0 Å².